The largest absolute Gasteiger partial charge is 0.397 e. The highest BCUT2D eigenvalue weighted by Crippen LogP contribution is 2.22. The fourth-order valence-electron chi connectivity index (χ4n) is 1.50. The molecule has 0 aliphatic carbocycles. The Morgan fingerprint density at radius 1 is 1.37 bits per heavy atom. The van der Waals surface area contributed by atoms with Gasteiger partial charge in [-0.25, -0.2) is 8.42 Å². The first-order valence-corrected chi connectivity index (χ1v) is 7.86. The van der Waals surface area contributed by atoms with Gasteiger partial charge >= 0.3 is 0 Å². The zero-order valence-corrected chi connectivity index (χ0v) is 11.7. The molecule has 0 atom stereocenters. The van der Waals surface area contributed by atoms with Crippen LogP contribution in [0, 0.1) is 0 Å². The van der Waals surface area contributed by atoms with Crippen LogP contribution in [0.25, 0.3) is 0 Å². The average molecular weight is 288 g/mol. The summed E-state index contributed by atoms with van der Waals surface area (Å²) in [6.45, 7) is 1.57. The highest BCUT2D eigenvalue weighted by Gasteiger charge is 2.09. The summed E-state index contributed by atoms with van der Waals surface area (Å²) in [5.74, 6) is 0. The van der Waals surface area contributed by atoms with Gasteiger partial charge in [0.05, 0.1) is 29.5 Å². The van der Waals surface area contributed by atoms with Crippen LogP contribution in [0.3, 0.4) is 0 Å². The number of rotatable bonds is 8. The monoisotopic (exact) mass is 288 g/mol. The summed E-state index contributed by atoms with van der Waals surface area (Å²) >= 11 is 0. The molecule has 1 rings (SSSR count). The SMILES string of the molecule is CS(=O)(=O)c1ccc(NCCCOCCO)c(N)c1. The molecular weight excluding hydrogens is 268 g/mol. The van der Waals surface area contributed by atoms with E-state index in [1.165, 1.54) is 12.1 Å². The highest BCUT2D eigenvalue weighted by molar-refractivity contribution is 7.90. The van der Waals surface area contributed by atoms with Crippen molar-refractivity contribution in [2.75, 3.05) is 43.7 Å². The van der Waals surface area contributed by atoms with Gasteiger partial charge in [0.15, 0.2) is 9.84 Å². The maximum absolute atomic E-state index is 11.3. The van der Waals surface area contributed by atoms with E-state index in [0.29, 0.717) is 31.1 Å². The van der Waals surface area contributed by atoms with Gasteiger partial charge in [-0.15, -0.1) is 0 Å². The van der Waals surface area contributed by atoms with E-state index in [1.807, 2.05) is 0 Å². The van der Waals surface area contributed by atoms with Crippen molar-refractivity contribution in [3.05, 3.63) is 18.2 Å². The van der Waals surface area contributed by atoms with Gasteiger partial charge in [0.25, 0.3) is 0 Å². The fraction of sp³-hybridized carbons (Fsp3) is 0.500. The lowest BCUT2D eigenvalue weighted by Crippen LogP contribution is -2.09. The Bertz CT molecular complexity index is 502. The molecule has 0 saturated carbocycles. The first kappa shape index (κ1) is 15.7. The molecule has 0 radical (unpaired) electrons. The van der Waals surface area contributed by atoms with E-state index in [2.05, 4.69) is 5.32 Å². The van der Waals surface area contributed by atoms with Crippen molar-refractivity contribution in [3.63, 3.8) is 0 Å². The van der Waals surface area contributed by atoms with Crippen LogP contribution in [0.1, 0.15) is 6.42 Å². The Kier molecular flexibility index (Phi) is 6.07. The second-order valence-corrected chi connectivity index (χ2v) is 6.15. The van der Waals surface area contributed by atoms with Gasteiger partial charge in [0, 0.05) is 19.4 Å². The summed E-state index contributed by atoms with van der Waals surface area (Å²) in [7, 11) is -3.23. The van der Waals surface area contributed by atoms with Crippen molar-refractivity contribution in [1.29, 1.82) is 0 Å². The average Bonchev–Trinajstić information content (AvgIpc) is 2.34. The Hall–Kier alpha value is -1.31. The highest BCUT2D eigenvalue weighted by atomic mass is 32.2. The van der Waals surface area contributed by atoms with Gasteiger partial charge in [-0.2, -0.15) is 0 Å². The molecule has 0 aromatic heterocycles. The van der Waals surface area contributed by atoms with Gasteiger partial charge < -0.3 is 20.9 Å². The topological polar surface area (TPSA) is 102 Å². The van der Waals surface area contributed by atoms with Crippen molar-refractivity contribution in [2.45, 2.75) is 11.3 Å². The quantitative estimate of drug-likeness (QED) is 0.475. The van der Waals surface area contributed by atoms with Crippen molar-refractivity contribution < 1.29 is 18.3 Å². The van der Waals surface area contributed by atoms with Crippen LogP contribution in [0.5, 0.6) is 0 Å². The number of ether oxygens (including phenoxy) is 1. The molecule has 7 heteroatoms. The molecule has 0 amide bonds. The molecule has 0 spiro atoms. The number of sulfone groups is 1. The molecule has 1 aromatic rings. The number of hydrogen-bond donors (Lipinski definition) is 3. The van der Waals surface area contributed by atoms with E-state index in [9.17, 15) is 8.42 Å². The molecule has 0 aliphatic heterocycles. The Balaban J connectivity index is 2.47. The maximum atomic E-state index is 11.3. The van der Waals surface area contributed by atoms with E-state index in [0.717, 1.165) is 12.7 Å². The Morgan fingerprint density at radius 2 is 2.11 bits per heavy atom. The molecule has 0 bridgehead atoms. The summed E-state index contributed by atoms with van der Waals surface area (Å²) in [5, 5.41) is 11.6. The Morgan fingerprint density at radius 3 is 2.68 bits per heavy atom. The number of nitrogen functional groups attached to an aromatic ring is 1. The van der Waals surface area contributed by atoms with E-state index in [4.69, 9.17) is 15.6 Å². The summed E-state index contributed by atoms with van der Waals surface area (Å²) in [6, 6.07) is 4.62. The Labute approximate surface area is 113 Å². The van der Waals surface area contributed by atoms with Crippen LogP contribution in [0.15, 0.2) is 23.1 Å². The van der Waals surface area contributed by atoms with Crippen LogP contribution in [0.2, 0.25) is 0 Å². The number of aliphatic hydroxyl groups excluding tert-OH is 1. The summed E-state index contributed by atoms with van der Waals surface area (Å²) in [4.78, 5) is 0.210. The van der Waals surface area contributed by atoms with Gasteiger partial charge in [-0.3, -0.25) is 0 Å². The summed E-state index contributed by atoms with van der Waals surface area (Å²) in [5.41, 5.74) is 6.89. The van der Waals surface area contributed by atoms with Crippen LogP contribution in [-0.4, -0.2) is 46.1 Å². The zero-order chi connectivity index (χ0) is 14.3. The molecule has 0 unspecified atom stereocenters. The molecule has 0 saturated heterocycles. The summed E-state index contributed by atoms with van der Waals surface area (Å²) in [6.07, 6.45) is 1.92. The van der Waals surface area contributed by atoms with Gasteiger partial charge in [-0.1, -0.05) is 0 Å². The number of aliphatic hydroxyl groups is 1. The smallest absolute Gasteiger partial charge is 0.175 e. The standard InChI is InChI=1S/C12H20N2O4S/c1-19(16,17)10-3-4-12(11(13)9-10)14-5-2-7-18-8-6-15/h3-4,9,14-15H,2,5-8,13H2,1H3. The van der Waals surface area contributed by atoms with E-state index >= 15 is 0 Å². The normalized spacial score (nSPS) is 11.5. The van der Waals surface area contributed by atoms with Crippen LogP contribution < -0.4 is 11.1 Å². The van der Waals surface area contributed by atoms with Crippen LogP contribution in [-0.2, 0) is 14.6 Å². The molecular formula is C12H20N2O4S. The second-order valence-electron chi connectivity index (χ2n) is 4.14. The van der Waals surface area contributed by atoms with Crippen LogP contribution in [0.4, 0.5) is 11.4 Å². The first-order valence-electron chi connectivity index (χ1n) is 5.97. The van der Waals surface area contributed by atoms with E-state index in [1.54, 1.807) is 6.07 Å². The number of hydrogen-bond acceptors (Lipinski definition) is 6. The van der Waals surface area contributed by atoms with Crippen molar-refractivity contribution in [2.24, 2.45) is 0 Å². The zero-order valence-electron chi connectivity index (χ0n) is 10.9. The van der Waals surface area contributed by atoms with Crippen molar-refractivity contribution in [3.8, 4) is 0 Å². The number of anilines is 2. The molecule has 0 aliphatic rings. The van der Waals surface area contributed by atoms with Crippen molar-refractivity contribution >= 4 is 21.2 Å². The number of benzene rings is 1. The lowest BCUT2D eigenvalue weighted by Gasteiger charge is -2.10. The third-order valence-corrected chi connectivity index (χ3v) is 3.58. The van der Waals surface area contributed by atoms with Crippen LogP contribution >= 0.6 is 0 Å². The third kappa shape index (κ3) is 5.46. The molecule has 4 N–H and O–H groups in total. The molecule has 0 fully saturated rings. The molecule has 1 aromatic carbocycles. The fourth-order valence-corrected chi connectivity index (χ4v) is 2.15. The van der Waals surface area contributed by atoms with E-state index < -0.39 is 9.84 Å². The van der Waals surface area contributed by atoms with E-state index in [-0.39, 0.29) is 11.5 Å². The molecule has 6 nitrogen and oxygen atoms in total. The first-order chi connectivity index (χ1) is 8.95. The number of nitrogens with one attached hydrogen (secondary N) is 1. The maximum Gasteiger partial charge on any atom is 0.175 e. The lowest BCUT2D eigenvalue weighted by molar-refractivity contribution is 0.0922. The minimum absolute atomic E-state index is 0.0212. The van der Waals surface area contributed by atoms with Gasteiger partial charge in [0.2, 0.25) is 0 Å². The molecule has 19 heavy (non-hydrogen) atoms. The third-order valence-electron chi connectivity index (χ3n) is 2.47. The predicted octanol–water partition coefficient (Wildman–Crippen LogP) is 0.483. The van der Waals surface area contributed by atoms with Gasteiger partial charge in [0.1, 0.15) is 0 Å². The second kappa shape index (κ2) is 7.32. The molecule has 0 heterocycles. The lowest BCUT2D eigenvalue weighted by atomic mass is 10.2. The van der Waals surface area contributed by atoms with Gasteiger partial charge in [-0.05, 0) is 24.6 Å². The molecule has 108 valence electrons. The summed E-state index contributed by atoms with van der Waals surface area (Å²) < 4.78 is 27.8. The van der Waals surface area contributed by atoms with Crippen molar-refractivity contribution in [1.82, 2.24) is 0 Å². The number of nitrogens with two attached hydrogens (primary N) is 1. The minimum atomic E-state index is -3.23. The predicted molar refractivity (Wildman–Crippen MR) is 75.0 cm³/mol. The minimum Gasteiger partial charge on any atom is -0.397 e.